The fourth-order valence-corrected chi connectivity index (χ4v) is 7.72. The molecule has 0 N–H and O–H groups in total. The van der Waals surface area contributed by atoms with Crippen LogP contribution in [0.15, 0.2) is 0 Å². The fraction of sp³-hybridized carbons (Fsp3) is 1.00. The summed E-state index contributed by atoms with van der Waals surface area (Å²) in [6.45, 7) is 11.0. The molecule has 0 rings (SSSR count). The van der Waals surface area contributed by atoms with Gasteiger partial charge in [0.2, 0.25) is 9.83 Å². The maximum Gasteiger partial charge on any atom is 0.545 e. The molecule has 0 bridgehead atoms. The zero-order valence-corrected chi connectivity index (χ0v) is 19.5. The number of thiol groups is 1. The summed E-state index contributed by atoms with van der Waals surface area (Å²) in [6.07, 6.45) is 8.20. The molecule has 0 spiro atoms. The molecule has 0 aromatic heterocycles. The third kappa shape index (κ3) is 12.3. The number of quaternary nitrogens is 1. The minimum absolute atomic E-state index is 1.32. The third-order valence-electron chi connectivity index (χ3n) is 3.94. The van der Waals surface area contributed by atoms with E-state index in [0.717, 1.165) is 0 Å². The van der Waals surface area contributed by atoms with Crippen molar-refractivity contribution in [3.05, 3.63) is 0 Å². The maximum absolute atomic E-state index is 11.5. The molecule has 0 aromatic carbocycles. The summed E-state index contributed by atoms with van der Waals surface area (Å²) in [5, 5.41) is 0. The number of rotatable bonds is 11. The van der Waals surface area contributed by atoms with Gasteiger partial charge in [0.15, 0.2) is 0 Å². The van der Waals surface area contributed by atoms with Crippen molar-refractivity contribution in [2.45, 2.75) is 70.3 Å². The van der Waals surface area contributed by atoms with Crippen LogP contribution < -0.4 is 0 Å². The summed E-state index contributed by atoms with van der Waals surface area (Å²) in [6, 6.07) is 0. The van der Waals surface area contributed by atoms with Crippen molar-refractivity contribution >= 4 is 27.6 Å². The summed E-state index contributed by atoms with van der Waals surface area (Å²) in [5.74, 6) is 0. The van der Waals surface area contributed by atoms with Crippen LogP contribution >= 0.6 is 0 Å². The number of nitrogens with zero attached hydrogens (tertiary/aromatic N) is 1. The Labute approximate surface area is 172 Å². The van der Waals surface area contributed by atoms with Gasteiger partial charge in [-0.25, -0.2) is 0 Å². The first-order chi connectivity index (χ1) is 12.9. The van der Waals surface area contributed by atoms with Crippen LogP contribution in [0.1, 0.15) is 59.3 Å². The first-order valence-electron chi connectivity index (χ1n) is 9.09. The molecule has 0 saturated carbocycles. The van der Waals surface area contributed by atoms with Gasteiger partial charge in [0.05, 0.1) is 26.7 Å². The highest BCUT2D eigenvalue weighted by Gasteiger charge is 2.63. The molecule has 0 unspecified atom stereocenters. The van der Waals surface area contributed by atoms with Crippen molar-refractivity contribution in [2.75, 3.05) is 26.7 Å². The first-order valence-corrected chi connectivity index (χ1v) is 14.2. The molecule has 29 heavy (non-hydrogen) atoms. The van der Waals surface area contributed by atoms with Gasteiger partial charge in [0.25, 0.3) is 0 Å². The third-order valence-corrected chi connectivity index (χ3v) is 11.5. The highest BCUT2D eigenvalue weighted by Crippen LogP contribution is 2.32. The number of halogens is 6. The normalized spacial score (nSPS) is 13.7. The SMILES string of the molecule is CCCC[N+](C)(CCCC)CCCC.O=S(=O)([SH+]S(=O)(=O)C(F)(F)F)C(F)(F)F. The number of unbranched alkanes of at least 4 members (excludes halogenated alkanes) is 3. The zero-order chi connectivity index (χ0) is 23.6. The van der Waals surface area contributed by atoms with Crippen molar-refractivity contribution in [1.82, 2.24) is 0 Å². The van der Waals surface area contributed by atoms with Gasteiger partial charge in [-0.05, 0) is 19.3 Å². The highest BCUT2D eigenvalue weighted by molar-refractivity contribution is 8.94. The van der Waals surface area contributed by atoms with E-state index in [1.54, 1.807) is 0 Å². The predicted octanol–water partition coefficient (Wildman–Crippen LogP) is 4.33. The quantitative estimate of drug-likeness (QED) is 0.140. The monoisotopic (exact) mass is 499 g/mol. The molecule has 0 aliphatic carbocycles. The zero-order valence-electron chi connectivity index (χ0n) is 17.0. The minimum atomic E-state index is -6.37. The van der Waals surface area contributed by atoms with Crippen LogP contribution in [0.2, 0.25) is 0 Å². The van der Waals surface area contributed by atoms with Crippen LogP contribution in [0.25, 0.3) is 0 Å². The van der Waals surface area contributed by atoms with Gasteiger partial charge in [-0.2, -0.15) is 43.2 Å². The van der Waals surface area contributed by atoms with Gasteiger partial charge in [-0.3, -0.25) is 0 Å². The molecule has 0 heterocycles. The van der Waals surface area contributed by atoms with Gasteiger partial charge >= 0.3 is 28.8 Å². The second kappa shape index (κ2) is 12.6. The smallest absolute Gasteiger partial charge is 0.326 e. The van der Waals surface area contributed by atoms with Crippen molar-refractivity contribution in [1.29, 1.82) is 0 Å². The van der Waals surface area contributed by atoms with E-state index >= 15 is 0 Å². The van der Waals surface area contributed by atoms with Crippen LogP contribution in [-0.4, -0.2) is 59.0 Å². The summed E-state index contributed by atoms with van der Waals surface area (Å²) < 4.78 is 111. The van der Waals surface area contributed by atoms with Crippen LogP contribution in [-0.2, 0) is 27.6 Å². The van der Waals surface area contributed by atoms with Gasteiger partial charge in [-0.1, -0.05) is 40.0 Å². The molecule has 0 aliphatic rings. The molecule has 0 aliphatic heterocycles. The van der Waals surface area contributed by atoms with Crippen molar-refractivity contribution < 1.29 is 47.7 Å². The lowest BCUT2D eigenvalue weighted by Crippen LogP contribution is -2.46. The lowest BCUT2D eigenvalue weighted by Gasteiger charge is -2.34. The Bertz CT molecular complexity index is 597. The van der Waals surface area contributed by atoms with Gasteiger partial charge in [0.1, 0.15) is 0 Å². The van der Waals surface area contributed by atoms with Crippen LogP contribution in [0.3, 0.4) is 0 Å². The van der Waals surface area contributed by atoms with Crippen molar-refractivity contribution in [3.63, 3.8) is 0 Å². The van der Waals surface area contributed by atoms with Gasteiger partial charge in [0, 0.05) is 0 Å². The summed E-state index contributed by atoms with van der Waals surface area (Å²) in [5.41, 5.74) is -12.1. The Balaban J connectivity index is 0. The molecular formula is C15H31F6NO4S3+2. The van der Waals surface area contributed by atoms with Gasteiger partial charge in [-0.15, -0.1) is 0 Å². The van der Waals surface area contributed by atoms with E-state index in [9.17, 15) is 43.2 Å². The lowest BCUT2D eigenvalue weighted by molar-refractivity contribution is -0.910. The van der Waals surface area contributed by atoms with E-state index in [1.807, 2.05) is 0 Å². The number of alkyl halides is 6. The molecule has 14 heteroatoms. The van der Waals surface area contributed by atoms with Crippen molar-refractivity contribution in [3.8, 4) is 0 Å². The Hall–Kier alpha value is -0.210. The predicted molar refractivity (Wildman–Crippen MR) is 104 cm³/mol. The molecule has 0 aromatic rings. The second-order valence-electron chi connectivity index (χ2n) is 6.77. The Morgan fingerprint density at radius 3 is 1.07 bits per heavy atom. The van der Waals surface area contributed by atoms with E-state index in [2.05, 4.69) is 27.8 Å². The Morgan fingerprint density at radius 1 is 0.655 bits per heavy atom. The lowest BCUT2D eigenvalue weighted by atomic mass is 10.2. The van der Waals surface area contributed by atoms with E-state index < -0.39 is 38.6 Å². The first kappa shape index (κ1) is 31.0. The topological polar surface area (TPSA) is 68.3 Å². The Morgan fingerprint density at radius 2 is 0.897 bits per heavy atom. The molecular weight excluding hydrogens is 468 g/mol. The highest BCUT2D eigenvalue weighted by atomic mass is 33.5. The minimum Gasteiger partial charge on any atom is -0.326 e. The second-order valence-corrected chi connectivity index (χ2v) is 14.4. The summed E-state index contributed by atoms with van der Waals surface area (Å²) in [4.78, 5) is 0. The maximum atomic E-state index is 11.5. The fourth-order valence-electron chi connectivity index (χ4n) is 2.17. The average molecular weight is 500 g/mol. The number of hydrogen-bond acceptors (Lipinski definition) is 4. The molecule has 5 nitrogen and oxygen atoms in total. The van der Waals surface area contributed by atoms with Gasteiger partial charge < -0.3 is 4.48 Å². The van der Waals surface area contributed by atoms with E-state index in [0.29, 0.717) is 0 Å². The van der Waals surface area contributed by atoms with E-state index in [1.165, 1.54) is 62.6 Å². The molecule has 0 saturated heterocycles. The standard InChI is InChI=1S/C13H30N.C2F6O4S3/c1-5-8-11-14(4,12-9-6-2)13-10-7-3;3-1(4,5)14(9,10)13-15(11,12)2(6,7)8/h5-13H2,1-4H3;/q+1;/p+1. The largest absolute Gasteiger partial charge is 0.545 e. The number of hydrogen-bond donors (Lipinski definition) is 0. The van der Waals surface area contributed by atoms with Crippen LogP contribution in [0.5, 0.6) is 0 Å². The molecule has 0 amide bonds. The molecule has 178 valence electrons. The van der Waals surface area contributed by atoms with Crippen LogP contribution in [0.4, 0.5) is 26.3 Å². The van der Waals surface area contributed by atoms with E-state index in [-0.39, 0.29) is 0 Å². The molecule has 0 radical (unpaired) electrons. The van der Waals surface area contributed by atoms with Crippen molar-refractivity contribution in [2.24, 2.45) is 0 Å². The summed E-state index contributed by atoms with van der Waals surface area (Å²) in [7, 11) is -13.1. The molecule has 0 atom stereocenters. The Kier molecular flexibility index (Phi) is 13.5. The van der Waals surface area contributed by atoms with E-state index in [4.69, 9.17) is 0 Å². The summed E-state index contributed by atoms with van der Waals surface area (Å²) >= 11 is 0. The average Bonchev–Trinajstić information content (AvgIpc) is 2.54. The van der Waals surface area contributed by atoms with Crippen LogP contribution in [0, 0.1) is 0 Å². The molecule has 0 fully saturated rings.